The van der Waals surface area contributed by atoms with Crippen molar-refractivity contribution in [2.45, 2.75) is 39.0 Å². The Morgan fingerprint density at radius 1 is 1.42 bits per heavy atom. The first-order chi connectivity index (χ1) is 5.52. The second-order valence-corrected chi connectivity index (χ2v) is 4.13. The Balaban J connectivity index is 3.32. The van der Waals surface area contributed by atoms with Crippen molar-refractivity contribution in [3.05, 3.63) is 0 Å². The van der Waals surface area contributed by atoms with Crippen molar-refractivity contribution in [3.8, 4) is 0 Å². The molecule has 0 aromatic carbocycles. The lowest BCUT2D eigenvalue weighted by atomic mass is 10.1. The molecule has 0 aromatic rings. The molecular weight excluding hydrogens is 176 g/mol. The van der Waals surface area contributed by atoms with Gasteiger partial charge in [0.05, 0.1) is 13.0 Å². The average Bonchev–Trinajstić information content (AvgIpc) is 1.84. The summed E-state index contributed by atoms with van der Waals surface area (Å²) in [4.78, 5) is 10.9. The Bertz CT molecular complexity index is 132. The SMILES string of the molecule is CC(C)CCOC(=O)CC(C)Cl. The number of ether oxygens (including phenoxy) is 1. The first-order valence-corrected chi connectivity index (χ1v) is 4.75. The summed E-state index contributed by atoms with van der Waals surface area (Å²) in [6.07, 6.45) is 1.22. The average molecular weight is 193 g/mol. The highest BCUT2D eigenvalue weighted by Gasteiger charge is 2.07. The second-order valence-electron chi connectivity index (χ2n) is 3.39. The summed E-state index contributed by atoms with van der Waals surface area (Å²) in [6.45, 7) is 6.49. The molecule has 0 amide bonds. The third-order valence-electron chi connectivity index (χ3n) is 1.41. The van der Waals surface area contributed by atoms with Crippen molar-refractivity contribution in [1.29, 1.82) is 0 Å². The summed E-state index contributed by atoms with van der Waals surface area (Å²) in [7, 11) is 0. The molecule has 0 aliphatic rings. The minimum absolute atomic E-state index is 0.128. The molecule has 1 atom stereocenters. The van der Waals surface area contributed by atoms with Gasteiger partial charge in [-0.05, 0) is 19.3 Å². The molecule has 0 fully saturated rings. The molecule has 2 nitrogen and oxygen atoms in total. The van der Waals surface area contributed by atoms with Crippen LogP contribution in [0.4, 0.5) is 0 Å². The van der Waals surface area contributed by atoms with Gasteiger partial charge in [-0.3, -0.25) is 4.79 Å². The van der Waals surface area contributed by atoms with Gasteiger partial charge in [0.2, 0.25) is 0 Å². The van der Waals surface area contributed by atoms with E-state index in [1.807, 2.05) is 0 Å². The van der Waals surface area contributed by atoms with Gasteiger partial charge in [0.1, 0.15) is 0 Å². The number of halogens is 1. The first-order valence-electron chi connectivity index (χ1n) is 4.32. The Morgan fingerprint density at radius 3 is 2.42 bits per heavy atom. The van der Waals surface area contributed by atoms with Crippen LogP contribution in [0.15, 0.2) is 0 Å². The quantitative estimate of drug-likeness (QED) is 0.495. The molecule has 0 aliphatic carbocycles. The van der Waals surface area contributed by atoms with Crippen molar-refractivity contribution in [2.75, 3.05) is 6.61 Å². The fraction of sp³-hybridized carbons (Fsp3) is 0.889. The lowest BCUT2D eigenvalue weighted by Gasteiger charge is -2.06. The van der Waals surface area contributed by atoms with E-state index in [0.717, 1.165) is 6.42 Å². The zero-order valence-electron chi connectivity index (χ0n) is 7.97. The van der Waals surface area contributed by atoms with Crippen LogP contribution in [0.3, 0.4) is 0 Å². The molecule has 0 N–H and O–H groups in total. The van der Waals surface area contributed by atoms with Gasteiger partial charge in [-0.2, -0.15) is 0 Å². The van der Waals surface area contributed by atoms with E-state index >= 15 is 0 Å². The maximum atomic E-state index is 10.9. The summed E-state index contributed by atoms with van der Waals surface area (Å²) < 4.78 is 4.94. The number of hydrogen-bond donors (Lipinski definition) is 0. The van der Waals surface area contributed by atoms with Crippen molar-refractivity contribution >= 4 is 17.6 Å². The second kappa shape index (κ2) is 6.30. The van der Waals surface area contributed by atoms with Crippen LogP contribution in [0, 0.1) is 5.92 Å². The van der Waals surface area contributed by atoms with E-state index < -0.39 is 0 Å². The van der Waals surface area contributed by atoms with E-state index in [4.69, 9.17) is 16.3 Å². The van der Waals surface area contributed by atoms with Crippen LogP contribution in [-0.2, 0) is 9.53 Å². The maximum Gasteiger partial charge on any atom is 0.307 e. The number of esters is 1. The van der Waals surface area contributed by atoms with E-state index in [-0.39, 0.29) is 11.3 Å². The van der Waals surface area contributed by atoms with Crippen LogP contribution < -0.4 is 0 Å². The van der Waals surface area contributed by atoms with Gasteiger partial charge in [-0.25, -0.2) is 0 Å². The molecule has 1 unspecified atom stereocenters. The minimum atomic E-state index is -0.196. The number of hydrogen-bond acceptors (Lipinski definition) is 2. The molecule has 0 spiro atoms. The molecule has 0 rings (SSSR count). The molecule has 3 heteroatoms. The fourth-order valence-electron chi connectivity index (χ4n) is 0.697. The van der Waals surface area contributed by atoms with E-state index in [1.165, 1.54) is 0 Å². The van der Waals surface area contributed by atoms with Gasteiger partial charge in [-0.1, -0.05) is 13.8 Å². The highest BCUT2D eigenvalue weighted by atomic mass is 35.5. The molecular formula is C9H17ClO2. The lowest BCUT2D eigenvalue weighted by molar-refractivity contribution is -0.143. The molecule has 0 radical (unpaired) electrons. The van der Waals surface area contributed by atoms with Crippen LogP contribution in [0.1, 0.15) is 33.6 Å². The lowest BCUT2D eigenvalue weighted by Crippen LogP contribution is -2.11. The van der Waals surface area contributed by atoms with E-state index in [9.17, 15) is 4.79 Å². The van der Waals surface area contributed by atoms with Crippen molar-refractivity contribution in [1.82, 2.24) is 0 Å². The third kappa shape index (κ3) is 7.86. The fourth-order valence-corrected chi connectivity index (χ4v) is 0.823. The van der Waals surface area contributed by atoms with E-state index in [0.29, 0.717) is 18.9 Å². The third-order valence-corrected chi connectivity index (χ3v) is 1.56. The van der Waals surface area contributed by atoms with Crippen molar-refractivity contribution in [3.63, 3.8) is 0 Å². The largest absolute Gasteiger partial charge is 0.466 e. The Morgan fingerprint density at radius 2 is 2.00 bits per heavy atom. The predicted octanol–water partition coefficient (Wildman–Crippen LogP) is 2.59. The zero-order chi connectivity index (χ0) is 9.56. The van der Waals surface area contributed by atoms with Gasteiger partial charge in [-0.15, -0.1) is 11.6 Å². The molecule has 0 aromatic heterocycles. The highest BCUT2D eigenvalue weighted by Crippen LogP contribution is 2.03. The normalized spacial score (nSPS) is 13.1. The predicted molar refractivity (Wildman–Crippen MR) is 50.3 cm³/mol. The minimum Gasteiger partial charge on any atom is -0.466 e. The standard InChI is InChI=1S/C9H17ClO2/c1-7(2)4-5-12-9(11)6-8(3)10/h7-8H,4-6H2,1-3H3. The van der Waals surface area contributed by atoms with E-state index in [2.05, 4.69) is 13.8 Å². The number of carbonyl (C=O) groups is 1. The molecule has 12 heavy (non-hydrogen) atoms. The molecule has 0 aliphatic heterocycles. The van der Waals surface area contributed by atoms with Gasteiger partial charge >= 0.3 is 5.97 Å². The smallest absolute Gasteiger partial charge is 0.307 e. The van der Waals surface area contributed by atoms with Crippen LogP contribution in [0.25, 0.3) is 0 Å². The Labute approximate surface area is 79.2 Å². The highest BCUT2D eigenvalue weighted by molar-refractivity contribution is 6.21. The summed E-state index contributed by atoms with van der Waals surface area (Å²) >= 11 is 5.61. The molecule has 0 heterocycles. The number of alkyl halides is 1. The van der Waals surface area contributed by atoms with Gasteiger partial charge in [0, 0.05) is 5.38 Å². The summed E-state index contributed by atoms with van der Waals surface area (Å²) in [5, 5.41) is -0.128. The summed E-state index contributed by atoms with van der Waals surface area (Å²) in [5.41, 5.74) is 0. The van der Waals surface area contributed by atoms with Crippen molar-refractivity contribution < 1.29 is 9.53 Å². The molecule has 0 saturated heterocycles. The Hall–Kier alpha value is -0.240. The first kappa shape index (κ1) is 11.8. The Kier molecular flexibility index (Phi) is 6.17. The molecule has 0 saturated carbocycles. The van der Waals surface area contributed by atoms with Gasteiger partial charge in [0.25, 0.3) is 0 Å². The van der Waals surface area contributed by atoms with E-state index in [1.54, 1.807) is 6.92 Å². The maximum absolute atomic E-state index is 10.9. The monoisotopic (exact) mass is 192 g/mol. The summed E-state index contributed by atoms with van der Waals surface area (Å²) in [5.74, 6) is 0.379. The molecule has 0 bridgehead atoms. The van der Waals surface area contributed by atoms with Crippen LogP contribution >= 0.6 is 11.6 Å². The summed E-state index contributed by atoms with van der Waals surface area (Å²) in [6, 6.07) is 0. The van der Waals surface area contributed by atoms with Crippen LogP contribution in [0.2, 0.25) is 0 Å². The van der Waals surface area contributed by atoms with Gasteiger partial charge in [0.15, 0.2) is 0 Å². The van der Waals surface area contributed by atoms with Crippen LogP contribution in [-0.4, -0.2) is 18.0 Å². The zero-order valence-corrected chi connectivity index (χ0v) is 8.73. The van der Waals surface area contributed by atoms with Crippen molar-refractivity contribution in [2.24, 2.45) is 5.92 Å². The van der Waals surface area contributed by atoms with Gasteiger partial charge < -0.3 is 4.74 Å². The molecule has 72 valence electrons. The topological polar surface area (TPSA) is 26.3 Å². The van der Waals surface area contributed by atoms with Crippen LogP contribution in [0.5, 0.6) is 0 Å². The number of carbonyl (C=O) groups excluding carboxylic acids is 1. The number of rotatable bonds is 5.